The van der Waals surface area contributed by atoms with Crippen LogP contribution in [-0.4, -0.2) is 15.0 Å². The van der Waals surface area contributed by atoms with E-state index in [0.717, 1.165) is 16.9 Å². The van der Waals surface area contributed by atoms with Crippen molar-refractivity contribution in [2.24, 2.45) is 5.18 Å². The van der Waals surface area contributed by atoms with E-state index in [-0.39, 0.29) is 0 Å². The van der Waals surface area contributed by atoms with Gasteiger partial charge in [-0.25, -0.2) is 4.98 Å². The summed E-state index contributed by atoms with van der Waals surface area (Å²) in [6.07, 6.45) is 2.68. The first kappa shape index (κ1) is 19.7. The first-order chi connectivity index (χ1) is 14.7. The van der Waals surface area contributed by atoms with Crippen LogP contribution in [-0.2, 0) is 19.4 Å². The predicted molar refractivity (Wildman–Crippen MR) is 115 cm³/mol. The maximum Gasteiger partial charge on any atom is 0.226 e. The molecule has 0 spiro atoms. The lowest BCUT2D eigenvalue weighted by Gasteiger charge is -2.09. The molecule has 0 unspecified atom stereocenters. The van der Waals surface area contributed by atoms with Crippen LogP contribution in [0.3, 0.4) is 0 Å². The van der Waals surface area contributed by atoms with Crippen molar-refractivity contribution in [3.05, 3.63) is 105 Å². The molecule has 0 aliphatic heterocycles. The summed E-state index contributed by atoms with van der Waals surface area (Å²) in [5, 5.41) is 6.81. The summed E-state index contributed by atoms with van der Waals surface area (Å²) in [6.45, 7) is 0.469. The molecular formula is C22H18ClN5O2. The van der Waals surface area contributed by atoms with Crippen molar-refractivity contribution in [1.29, 1.82) is 0 Å². The van der Waals surface area contributed by atoms with E-state index in [9.17, 15) is 4.91 Å². The number of anilines is 1. The van der Waals surface area contributed by atoms with Gasteiger partial charge in [0, 0.05) is 17.9 Å². The molecule has 0 aliphatic rings. The second-order valence-electron chi connectivity index (χ2n) is 6.66. The third-order valence-electron chi connectivity index (χ3n) is 4.41. The average Bonchev–Trinajstić information content (AvgIpc) is 3.28. The van der Waals surface area contributed by atoms with Gasteiger partial charge in [0.05, 0.1) is 12.8 Å². The van der Waals surface area contributed by atoms with Gasteiger partial charge in [-0.3, -0.25) is 0 Å². The fourth-order valence-corrected chi connectivity index (χ4v) is 3.05. The van der Waals surface area contributed by atoms with Gasteiger partial charge in [0.25, 0.3) is 0 Å². The van der Waals surface area contributed by atoms with E-state index >= 15 is 0 Å². The van der Waals surface area contributed by atoms with Gasteiger partial charge >= 0.3 is 0 Å². The summed E-state index contributed by atoms with van der Waals surface area (Å²) >= 11 is 5.98. The molecule has 2 aromatic carbocycles. The number of nitrogens with one attached hydrogen (secondary N) is 1. The van der Waals surface area contributed by atoms with Gasteiger partial charge in [-0.15, -0.1) is 4.91 Å². The van der Waals surface area contributed by atoms with Crippen LogP contribution in [0.25, 0.3) is 0 Å². The molecule has 30 heavy (non-hydrogen) atoms. The van der Waals surface area contributed by atoms with Gasteiger partial charge in [-0.05, 0) is 52.7 Å². The summed E-state index contributed by atoms with van der Waals surface area (Å²) in [5.41, 5.74) is 2.41. The third-order valence-corrected chi connectivity index (χ3v) is 4.66. The minimum atomic E-state index is 0.388. The molecule has 0 amide bonds. The van der Waals surface area contributed by atoms with Gasteiger partial charge in [-0.1, -0.05) is 35.9 Å². The molecule has 2 aromatic heterocycles. The topological polar surface area (TPSA) is 93.3 Å². The molecule has 7 nitrogen and oxygen atoms in total. The quantitative estimate of drug-likeness (QED) is 0.389. The Morgan fingerprint density at radius 1 is 0.867 bits per heavy atom. The second-order valence-corrected chi connectivity index (χ2v) is 7.10. The van der Waals surface area contributed by atoms with Gasteiger partial charge in [0.15, 0.2) is 0 Å². The second kappa shape index (κ2) is 9.28. The number of furan rings is 1. The number of nitrogens with zero attached hydrogens (tertiary/aromatic N) is 4. The number of rotatable bonds is 8. The lowest BCUT2D eigenvalue weighted by atomic mass is 10.1. The molecule has 1 N–H and O–H groups in total. The zero-order valence-corrected chi connectivity index (χ0v) is 16.7. The Labute approximate surface area is 178 Å². The first-order valence-electron chi connectivity index (χ1n) is 9.35. The molecule has 0 saturated heterocycles. The lowest BCUT2D eigenvalue weighted by Crippen LogP contribution is -2.10. The molecule has 0 radical (unpaired) electrons. The van der Waals surface area contributed by atoms with E-state index < -0.39 is 0 Å². The van der Waals surface area contributed by atoms with Crippen molar-refractivity contribution >= 4 is 23.2 Å². The number of halogens is 1. The largest absolute Gasteiger partial charge is 0.467 e. The monoisotopic (exact) mass is 419 g/mol. The smallest absolute Gasteiger partial charge is 0.226 e. The van der Waals surface area contributed by atoms with E-state index in [2.05, 4.69) is 25.4 Å². The first-order valence-corrected chi connectivity index (χ1v) is 9.72. The van der Waals surface area contributed by atoms with Crippen LogP contribution in [0.5, 0.6) is 0 Å². The van der Waals surface area contributed by atoms with Gasteiger partial charge < -0.3 is 9.73 Å². The fraction of sp³-hybridized carbons (Fsp3) is 0.136. The number of hydrogen-bond donors (Lipinski definition) is 1. The minimum absolute atomic E-state index is 0.388. The molecular weight excluding hydrogens is 402 g/mol. The molecule has 4 aromatic rings. The van der Waals surface area contributed by atoms with E-state index in [1.54, 1.807) is 18.4 Å². The van der Waals surface area contributed by atoms with Crippen LogP contribution in [0.15, 0.2) is 76.5 Å². The molecule has 8 heteroatoms. The summed E-state index contributed by atoms with van der Waals surface area (Å²) in [6, 6.07) is 18.3. The molecule has 2 heterocycles. The Morgan fingerprint density at radius 2 is 1.50 bits per heavy atom. The molecule has 0 bridgehead atoms. The summed E-state index contributed by atoms with van der Waals surface area (Å²) in [7, 11) is 0. The van der Waals surface area contributed by atoms with Crippen LogP contribution in [0.1, 0.15) is 28.5 Å². The molecule has 4 rings (SSSR count). The van der Waals surface area contributed by atoms with Crippen LogP contribution >= 0.6 is 11.6 Å². The lowest BCUT2D eigenvalue weighted by molar-refractivity contribution is 0.517. The third kappa shape index (κ3) is 5.27. The Morgan fingerprint density at radius 3 is 2.07 bits per heavy atom. The van der Waals surface area contributed by atoms with E-state index in [4.69, 9.17) is 16.0 Å². The molecule has 0 fully saturated rings. The van der Waals surface area contributed by atoms with Crippen molar-refractivity contribution < 1.29 is 4.42 Å². The average molecular weight is 420 g/mol. The standard InChI is InChI=1S/C22H18ClN5O2/c23-17-7-3-15(4-8-17)12-20-25-21(13-16-5-9-18(28-29)10-6-16)27-22(26-20)24-14-19-2-1-11-30-19/h1-11H,12-14H2,(H,24,25,26,27). The highest BCUT2D eigenvalue weighted by atomic mass is 35.5. The van der Waals surface area contributed by atoms with Crippen LogP contribution in [0, 0.1) is 4.91 Å². The van der Waals surface area contributed by atoms with Crippen molar-refractivity contribution in [1.82, 2.24) is 15.0 Å². The maximum atomic E-state index is 10.6. The maximum absolute atomic E-state index is 10.6. The van der Waals surface area contributed by atoms with Crippen LogP contribution < -0.4 is 5.32 Å². The normalized spacial score (nSPS) is 10.7. The van der Waals surface area contributed by atoms with E-state index in [0.29, 0.717) is 47.7 Å². The van der Waals surface area contributed by atoms with Gasteiger partial charge in [0.2, 0.25) is 5.95 Å². The number of aromatic nitrogens is 3. The zero-order chi connectivity index (χ0) is 20.8. The summed E-state index contributed by atoms with van der Waals surface area (Å²) in [5.74, 6) is 2.54. The predicted octanol–water partition coefficient (Wildman–Crippen LogP) is 5.31. The van der Waals surface area contributed by atoms with Crippen molar-refractivity contribution in [3.63, 3.8) is 0 Å². The van der Waals surface area contributed by atoms with Crippen LogP contribution in [0.2, 0.25) is 5.02 Å². The summed E-state index contributed by atoms with van der Waals surface area (Å²) < 4.78 is 5.36. The SMILES string of the molecule is O=Nc1ccc(Cc2nc(Cc3ccc(Cl)cc3)nc(NCc3ccco3)n2)cc1. The Kier molecular flexibility index (Phi) is 6.10. The summed E-state index contributed by atoms with van der Waals surface area (Å²) in [4.78, 5) is 24.4. The highest BCUT2D eigenvalue weighted by molar-refractivity contribution is 6.30. The Hall–Kier alpha value is -3.58. The highest BCUT2D eigenvalue weighted by Crippen LogP contribution is 2.17. The number of benzene rings is 2. The molecule has 0 atom stereocenters. The van der Waals surface area contributed by atoms with Crippen molar-refractivity contribution in [3.8, 4) is 0 Å². The minimum Gasteiger partial charge on any atom is -0.467 e. The Bertz CT molecular complexity index is 1110. The van der Waals surface area contributed by atoms with Crippen molar-refractivity contribution in [2.75, 3.05) is 5.32 Å². The Balaban J connectivity index is 1.58. The van der Waals surface area contributed by atoms with Crippen molar-refractivity contribution in [2.45, 2.75) is 19.4 Å². The molecule has 0 saturated carbocycles. The van der Waals surface area contributed by atoms with Gasteiger partial charge in [-0.2, -0.15) is 9.97 Å². The molecule has 0 aliphatic carbocycles. The van der Waals surface area contributed by atoms with Gasteiger partial charge in [0.1, 0.15) is 23.1 Å². The van der Waals surface area contributed by atoms with E-state index in [1.807, 2.05) is 48.5 Å². The number of nitroso groups, excluding NO2 is 1. The van der Waals surface area contributed by atoms with Crippen LogP contribution in [0.4, 0.5) is 11.6 Å². The zero-order valence-electron chi connectivity index (χ0n) is 16.0. The highest BCUT2D eigenvalue weighted by Gasteiger charge is 2.10. The molecule has 150 valence electrons. The fourth-order valence-electron chi connectivity index (χ4n) is 2.93. The number of hydrogen-bond acceptors (Lipinski definition) is 7. The van der Waals surface area contributed by atoms with E-state index in [1.165, 1.54) is 0 Å².